The Morgan fingerprint density at radius 1 is 0.906 bits per heavy atom. The molecular weight excluding hydrogens is 408 g/mol. The van der Waals surface area contributed by atoms with Crippen molar-refractivity contribution in [3.8, 4) is 17.1 Å². The maximum Gasteiger partial charge on any atom is 0.342 e. The molecule has 32 heavy (non-hydrogen) atoms. The Morgan fingerprint density at radius 2 is 1.66 bits per heavy atom. The van der Waals surface area contributed by atoms with E-state index in [0.29, 0.717) is 40.2 Å². The van der Waals surface area contributed by atoms with E-state index in [-0.39, 0.29) is 12.6 Å². The van der Waals surface area contributed by atoms with Gasteiger partial charge in [0, 0.05) is 10.9 Å². The van der Waals surface area contributed by atoms with Crippen LogP contribution in [0.3, 0.4) is 0 Å². The summed E-state index contributed by atoms with van der Waals surface area (Å²) < 4.78 is 21.9. The Hall–Kier alpha value is -4.06. The predicted molar refractivity (Wildman–Crippen MR) is 120 cm³/mol. The van der Waals surface area contributed by atoms with Crippen LogP contribution in [-0.2, 0) is 16.1 Å². The van der Waals surface area contributed by atoms with Crippen molar-refractivity contribution in [2.45, 2.75) is 13.5 Å². The van der Waals surface area contributed by atoms with Crippen molar-refractivity contribution >= 4 is 22.9 Å². The van der Waals surface area contributed by atoms with Crippen LogP contribution in [0, 0.1) is 0 Å². The number of carbonyl (C=O) groups excluding carboxylic acids is 2. The number of hydrogen-bond donors (Lipinski definition) is 0. The van der Waals surface area contributed by atoms with Gasteiger partial charge in [0.1, 0.15) is 29.3 Å². The second-order valence-corrected chi connectivity index (χ2v) is 7.03. The topological polar surface area (TPSA) is 75.0 Å². The fourth-order valence-electron chi connectivity index (χ4n) is 3.39. The lowest BCUT2D eigenvalue weighted by atomic mass is 10.1. The van der Waals surface area contributed by atoms with Crippen LogP contribution in [0.1, 0.15) is 33.2 Å². The lowest BCUT2D eigenvalue weighted by molar-refractivity contribution is 0.0527. The van der Waals surface area contributed by atoms with Crippen molar-refractivity contribution in [3.63, 3.8) is 0 Å². The molecule has 0 N–H and O–H groups in total. The van der Waals surface area contributed by atoms with Gasteiger partial charge in [-0.05, 0) is 42.8 Å². The molecule has 162 valence electrons. The SMILES string of the molecule is CCOC(=O)c1c(-c2ccccc2)oc2ccc(OCc3ccc(C(=O)OC)cc3)cc12. The van der Waals surface area contributed by atoms with Gasteiger partial charge in [-0.15, -0.1) is 0 Å². The van der Waals surface area contributed by atoms with Crippen LogP contribution in [0.15, 0.2) is 77.2 Å². The molecule has 0 aliphatic carbocycles. The van der Waals surface area contributed by atoms with Gasteiger partial charge in [0.2, 0.25) is 0 Å². The highest BCUT2D eigenvalue weighted by Gasteiger charge is 2.23. The Labute approximate surface area is 185 Å². The molecule has 0 spiro atoms. The molecule has 1 heterocycles. The summed E-state index contributed by atoms with van der Waals surface area (Å²) in [6, 6.07) is 21.8. The number of fused-ring (bicyclic) bond motifs is 1. The summed E-state index contributed by atoms with van der Waals surface area (Å²) in [6.45, 7) is 2.32. The Morgan fingerprint density at radius 3 is 2.34 bits per heavy atom. The Balaban J connectivity index is 1.63. The van der Waals surface area contributed by atoms with Crippen molar-refractivity contribution in [3.05, 3.63) is 89.5 Å². The monoisotopic (exact) mass is 430 g/mol. The number of esters is 2. The highest BCUT2D eigenvalue weighted by Crippen LogP contribution is 2.36. The third kappa shape index (κ3) is 4.34. The molecule has 3 aromatic carbocycles. The zero-order valence-corrected chi connectivity index (χ0v) is 17.8. The number of furan rings is 1. The van der Waals surface area contributed by atoms with E-state index < -0.39 is 5.97 Å². The lowest BCUT2D eigenvalue weighted by Gasteiger charge is -2.07. The van der Waals surface area contributed by atoms with E-state index >= 15 is 0 Å². The maximum absolute atomic E-state index is 12.8. The fraction of sp³-hybridized carbons (Fsp3) is 0.154. The minimum atomic E-state index is -0.444. The smallest absolute Gasteiger partial charge is 0.342 e. The first-order valence-electron chi connectivity index (χ1n) is 10.2. The fourth-order valence-corrected chi connectivity index (χ4v) is 3.39. The molecule has 0 saturated carbocycles. The summed E-state index contributed by atoms with van der Waals surface area (Å²) in [4.78, 5) is 24.3. The minimum absolute atomic E-state index is 0.261. The van der Waals surface area contributed by atoms with Gasteiger partial charge in [-0.3, -0.25) is 0 Å². The van der Waals surface area contributed by atoms with E-state index in [2.05, 4.69) is 0 Å². The molecular formula is C26H22O6. The zero-order chi connectivity index (χ0) is 22.5. The molecule has 0 amide bonds. The zero-order valence-electron chi connectivity index (χ0n) is 17.8. The molecule has 0 fully saturated rings. The normalized spacial score (nSPS) is 10.7. The molecule has 0 atom stereocenters. The van der Waals surface area contributed by atoms with Crippen molar-refractivity contribution in [2.24, 2.45) is 0 Å². The van der Waals surface area contributed by atoms with Crippen LogP contribution in [0.4, 0.5) is 0 Å². The molecule has 0 saturated heterocycles. The van der Waals surface area contributed by atoms with Gasteiger partial charge in [0.05, 0.1) is 19.3 Å². The Kier molecular flexibility index (Phi) is 6.22. The standard InChI is InChI=1S/C26H22O6/c1-3-30-26(28)23-21-15-20(31-16-17-9-11-19(12-10-17)25(27)29-2)13-14-22(21)32-24(23)18-7-5-4-6-8-18/h4-15H,3,16H2,1-2H3. The molecule has 0 unspecified atom stereocenters. The first kappa shape index (κ1) is 21.2. The summed E-state index contributed by atoms with van der Waals surface area (Å²) in [6.07, 6.45) is 0. The highest BCUT2D eigenvalue weighted by atomic mass is 16.5. The molecule has 0 aliphatic rings. The van der Waals surface area contributed by atoms with Crippen LogP contribution in [0.5, 0.6) is 5.75 Å². The van der Waals surface area contributed by atoms with Crippen LogP contribution >= 0.6 is 0 Å². The molecule has 0 radical (unpaired) electrons. The summed E-state index contributed by atoms with van der Waals surface area (Å²) in [7, 11) is 1.35. The van der Waals surface area contributed by atoms with E-state index in [1.165, 1.54) is 7.11 Å². The number of benzene rings is 3. The summed E-state index contributed by atoms with van der Waals surface area (Å²) in [5.41, 5.74) is 3.10. The van der Waals surface area contributed by atoms with Crippen LogP contribution in [-0.4, -0.2) is 25.7 Å². The molecule has 6 heteroatoms. The van der Waals surface area contributed by atoms with Gasteiger partial charge in [0.25, 0.3) is 0 Å². The van der Waals surface area contributed by atoms with Gasteiger partial charge < -0.3 is 18.6 Å². The van der Waals surface area contributed by atoms with Crippen LogP contribution in [0.2, 0.25) is 0 Å². The lowest BCUT2D eigenvalue weighted by Crippen LogP contribution is -2.05. The molecule has 4 aromatic rings. The molecule has 0 aliphatic heterocycles. The predicted octanol–water partition coefficient (Wildman–Crippen LogP) is 5.64. The largest absolute Gasteiger partial charge is 0.489 e. The summed E-state index contributed by atoms with van der Waals surface area (Å²) in [5, 5.41) is 0.626. The molecule has 4 rings (SSSR count). The van der Waals surface area contributed by atoms with Gasteiger partial charge in [-0.2, -0.15) is 0 Å². The van der Waals surface area contributed by atoms with E-state index in [0.717, 1.165) is 11.1 Å². The van der Waals surface area contributed by atoms with E-state index in [1.807, 2.05) is 30.3 Å². The second-order valence-electron chi connectivity index (χ2n) is 7.03. The molecule has 1 aromatic heterocycles. The third-order valence-corrected chi connectivity index (χ3v) is 4.96. The summed E-state index contributed by atoms with van der Waals surface area (Å²) >= 11 is 0. The van der Waals surface area contributed by atoms with E-state index in [1.54, 1.807) is 49.4 Å². The van der Waals surface area contributed by atoms with Gasteiger partial charge in [-0.1, -0.05) is 42.5 Å². The van der Waals surface area contributed by atoms with Crippen molar-refractivity contribution in [1.29, 1.82) is 0 Å². The summed E-state index contributed by atoms with van der Waals surface area (Å²) in [5.74, 6) is 0.222. The minimum Gasteiger partial charge on any atom is -0.489 e. The van der Waals surface area contributed by atoms with Gasteiger partial charge >= 0.3 is 11.9 Å². The van der Waals surface area contributed by atoms with E-state index in [9.17, 15) is 9.59 Å². The van der Waals surface area contributed by atoms with Crippen molar-refractivity contribution < 1.29 is 28.2 Å². The molecule has 6 nitrogen and oxygen atoms in total. The number of ether oxygens (including phenoxy) is 3. The van der Waals surface area contributed by atoms with Crippen molar-refractivity contribution in [1.82, 2.24) is 0 Å². The highest BCUT2D eigenvalue weighted by molar-refractivity contribution is 6.09. The number of rotatable bonds is 7. The number of carbonyl (C=O) groups is 2. The van der Waals surface area contributed by atoms with Crippen LogP contribution < -0.4 is 4.74 Å². The second kappa shape index (κ2) is 9.39. The van der Waals surface area contributed by atoms with Crippen LogP contribution in [0.25, 0.3) is 22.3 Å². The Bertz CT molecular complexity index is 1240. The number of hydrogen-bond acceptors (Lipinski definition) is 6. The quantitative estimate of drug-likeness (QED) is 0.353. The third-order valence-electron chi connectivity index (χ3n) is 4.96. The van der Waals surface area contributed by atoms with E-state index in [4.69, 9.17) is 18.6 Å². The first-order valence-corrected chi connectivity index (χ1v) is 10.2. The first-order chi connectivity index (χ1) is 15.6. The van der Waals surface area contributed by atoms with Gasteiger partial charge in [-0.25, -0.2) is 9.59 Å². The average Bonchev–Trinajstić information content (AvgIpc) is 3.22. The number of methoxy groups -OCH3 is 1. The van der Waals surface area contributed by atoms with Crippen molar-refractivity contribution in [2.75, 3.05) is 13.7 Å². The average molecular weight is 430 g/mol. The maximum atomic E-state index is 12.8. The molecule has 0 bridgehead atoms. The van der Waals surface area contributed by atoms with Gasteiger partial charge in [0.15, 0.2) is 0 Å².